The van der Waals surface area contributed by atoms with Gasteiger partial charge in [-0.15, -0.1) is 0 Å². The average molecular weight is 271 g/mol. The Bertz CT molecular complexity index is 580. The van der Waals surface area contributed by atoms with Crippen LogP contribution in [0.4, 0.5) is 17.3 Å². The first-order chi connectivity index (χ1) is 9.65. The molecule has 0 spiro atoms. The molecule has 0 unspecified atom stereocenters. The molecule has 5 heteroatoms. The van der Waals surface area contributed by atoms with E-state index in [0.29, 0.717) is 11.7 Å². The summed E-state index contributed by atoms with van der Waals surface area (Å²) >= 11 is 0. The molecule has 1 aromatic carbocycles. The number of nitrogen functional groups attached to an aromatic ring is 1. The predicted octanol–water partition coefficient (Wildman–Crippen LogP) is 3.19. The molecule has 2 rings (SSSR count). The Morgan fingerprint density at radius 2 is 1.95 bits per heavy atom. The molecule has 0 aliphatic heterocycles. The van der Waals surface area contributed by atoms with Gasteiger partial charge in [-0.3, -0.25) is 0 Å². The fourth-order valence-corrected chi connectivity index (χ4v) is 2.09. The highest BCUT2D eigenvalue weighted by Gasteiger charge is 2.09. The Labute approximate surface area is 119 Å². The standard InChI is InChI=1S/C15H21N5/c1-4-13-14(17-9-18-15(13)20-16)19-12-7-5-6-11(8-12)10(2)3/h5-10H,4,16H2,1-3H3,(H2,17,18,19,20). The first kappa shape index (κ1) is 14.3. The summed E-state index contributed by atoms with van der Waals surface area (Å²) in [6.45, 7) is 6.41. The van der Waals surface area contributed by atoms with Gasteiger partial charge in [0.2, 0.25) is 0 Å². The Hall–Kier alpha value is -2.14. The van der Waals surface area contributed by atoms with E-state index in [0.717, 1.165) is 23.5 Å². The van der Waals surface area contributed by atoms with Gasteiger partial charge in [0.1, 0.15) is 18.0 Å². The number of nitrogens with one attached hydrogen (secondary N) is 2. The van der Waals surface area contributed by atoms with Crippen molar-refractivity contribution in [2.24, 2.45) is 5.84 Å². The second kappa shape index (κ2) is 6.34. The van der Waals surface area contributed by atoms with Crippen LogP contribution in [-0.4, -0.2) is 9.97 Å². The molecule has 2 aromatic rings. The van der Waals surface area contributed by atoms with E-state index in [-0.39, 0.29) is 0 Å². The summed E-state index contributed by atoms with van der Waals surface area (Å²) in [6, 6.07) is 8.35. The smallest absolute Gasteiger partial charge is 0.148 e. The Morgan fingerprint density at radius 1 is 1.20 bits per heavy atom. The van der Waals surface area contributed by atoms with Crippen LogP contribution in [0.1, 0.15) is 37.8 Å². The van der Waals surface area contributed by atoms with Gasteiger partial charge in [-0.2, -0.15) is 0 Å². The third-order valence-corrected chi connectivity index (χ3v) is 3.25. The maximum Gasteiger partial charge on any atom is 0.148 e. The van der Waals surface area contributed by atoms with Crippen molar-refractivity contribution < 1.29 is 0 Å². The molecule has 4 N–H and O–H groups in total. The number of hydrazine groups is 1. The molecule has 0 atom stereocenters. The van der Waals surface area contributed by atoms with E-state index in [9.17, 15) is 0 Å². The number of hydrogen-bond acceptors (Lipinski definition) is 5. The molecule has 0 aliphatic rings. The molecule has 0 bridgehead atoms. The minimum Gasteiger partial charge on any atom is -0.340 e. The van der Waals surface area contributed by atoms with Crippen LogP contribution >= 0.6 is 0 Å². The van der Waals surface area contributed by atoms with Gasteiger partial charge in [-0.25, -0.2) is 15.8 Å². The third kappa shape index (κ3) is 3.05. The summed E-state index contributed by atoms with van der Waals surface area (Å²) in [7, 11) is 0. The molecule has 106 valence electrons. The molecule has 20 heavy (non-hydrogen) atoms. The van der Waals surface area contributed by atoms with Gasteiger partial charge < -0.3 is 10.7 Å². The molecule has 0 saturated heterocycles. The van der Waals surface area contributed by atoms with E-state index in [1.165, 1.54) is 11.9 Å². The zero-order chi connectivity index (χ0) is 14.5. The normalized spacial score (nSPS) is 10.7. The van der Waals surface area contributed by atoms with Gasteiger partial charge in [0.05, 0.1) is 0 Å². The van der Waals surface area contributed by atoms with Crippen LogP contribution in [0.15, 0.2) is 30.6 Å². The highest BCUT2D eigenvalue weighted by atomic mass is 15.3. The molecular weight excluding hydrogens is 250 g/mol. The van der Waals surface area contributed by atoms with Crippen molar-refractivity contribution in [3.8, 4) is 0 Å². The second-order valence-corrected chi connectivity index (χ2v) is 4.95. The molecule has 0 amide bonds. The number of rotatable bonds is 5. The Kier molecular flexibility index (Phi) is 4.53. The van der Waals surface area contributed by atoms with Crippen LogP contribution in [0.5, 0.6) is 0 Å². The molecule has 0 saturated carbocycles. The van der Waals surface area contributed by atoms with Crippen molar-refractivity contribution >= 4 is 17.3 Å². The first-order valence-corrected chi connectivity index (χ1v) is 6.83. The summed E-state index contributed by atoms with van der Waals surface area (Å²) < 4.78 is 0. The first-order valence-electron chi connectivity index (χ1n) is 6.83. The monoisotopic (exact) mass is 271 g/mol. The molecule has 0 aliphatic carbocycles. The lowest BCUT2D eigenvalue weighted by Crippen LogP contribution is -2.13. The average Bonchev–Trinajstić information content (AvgIpc) is 2.47. The summed E-state index contributed by atoms with van der Waals surface area (Å²) in [5, 5.41) is 3.35. The van der Waals surface area contributed by atoms with Gasteiger partial charge in [-0.05, 0) is 30.0 Å². The minimum absolute atomic E-state index is 0.495. The lowest BCUT2D eigenvalue weighted by Gasteiger charge is -2.14. The zero-order valence-electron chi connectivity index (χ0n) is 12.1. The van der Waals surface area contributed by atoms with Crippen LogP contribution in [0.25, 0.3) is 0 Å². The summed E-state index contributed by atoms with van der Waals surface area (Å²) in [5.74, 6) is 7.42. The fraction of sp³-hybridized carbons (Fsp3) is 0.333. The lowest BCUT2D eigenvalue weighted by molar-refractivity contribution is 0.867. The number of hydrogen-bond donors (Lipinski definition) is 3. The van der Waals surface area contributed by atoms with Crippen molar-refractivity contribution in [2.75, 3.05) is 10.7 Å². The van der Waals surface area contributed by atoms with E-state index in [2.05, 4.69) is 53.6 Å². The number of aromatic nitrogens is 2. The van der Waals surface area contributed by atoms with E-state index < -0.39 is 0 Å². The number of nitrogens with zero attached hydrogens (tertiary/aromatic N) is 2. The summed E-state index contributed by atoms with van der Waals surface area (Å²) in [4.78, 5) is 8.44. The van der Waals surface area contributed by atoms with Crippen molar-refractivity contribution in [2.45, 2.75) is 33.1 Å². The summed E-state index contributed by atoms with van der Waals surface area (Å²) in [5.41, 5.74) is 5.90. The number of nitrogens with two attached hydrogens (primary N) is 1. The van der Waals surface area contributed by atoms with Gasteiger partial charge >= 0.3 is 0 Å². The molecule has 1 aromatic heterocycles. The van der Waals surface area contributed by atoms with E-state index in [1.807, 2.05) is 12.1 Å². The SMILES string of the molecule is CCc1c(NN)ncnc1Nc1cccc(C(C)C)c1. The second-order valence-electron chi connectivity index (χ2n) is 4.95. The van der Waals surface area contributed by atoms with Crippen molar-refractivity contribution in [1.29, 1.82) is 0 Å². The highest BCUT2D eigenvalue weighted by Crippen LogP contribution is 2.25. The third-order valence-electron chi connectivity index (χ3n) is 3.25. The number of benzene rings is 1. The minimum atomic E-state index is 0.495. The summed E-state index contributed by atoms with van der Waals surface area (Å²) in [6.07, 6.45) is 2.30. The quantitative estimate of drug-likeness (QED) is 0.575. The topological polar surface area (TPSA) is 75.9 Å². The molecule has 0 radical (unpaired) electrons. The molecule has 1 heterocycles. The molecule has 5 nitrogen and oxygen atoms in total. The van der Waals surface area contributed by atoms with Crippen LogP contribution in [-0.2, 0) is 6.42 Å². The zero-order valence-corrected chi connectivity index (χ0v) is 12.1. The van der Waals surface area contributed by atoms with Crippen molar-refractivity contribution in [3.63, 3.8) is 0 Å². The lowest BCUT2D eigenvalue weighted by atomic mass is 10.0. The van der Waals surface area contributed by atoms with Crippen LogP contribution < -0.4 is 16.6 Å². The fourth-order valence-electron chi connectivity index (χ4n) is 2.09. The Balaban J connectivity index is 2.32. The maximum absolute atomic E-state index is 5.48. The number of anilines is 3. The van der Waals surface area contributed by atoms with Gasteiger partial charge in [0, 0.05) is 11.3 Å². The van der Waals surface area contributed by atoms with Crippen LogP contribution in [0.2, 0.25) is 0 Å². The van der Waals surface area contributed by atoms with Crippen molar-refractivity contribution in [1.82, 2.24) is 9.97 Å². The largest absolute Gasteiger partial charge is 0.340 e. The Morgan fingerprint density at radius 3 is 2.60 bits per heavy atom. The van der Waals surface area contributed by atoms with E-state index in [4.69, 9.17) is 5.84 Å². The van der Waals surface area contributed by atoms with Crippen molar-refractivity contribution in [3.05, 3.63) is 41.7 Å². The highest BCUT2D eigenvalue weighted by molar-refractivity contribution is 5.65. The maximum atomic E-state index is 5.48. The van der Waals surface area contributed by atoms with Crippen LogP contribution in [0, 0.1) is 0 Å². The van der Waals surface area contributed by atoms with Gasteiger partial charge in [0.25, 0.3) is 0 Å². The predicted molar refractivity (Wildman–Crippen MR) is 83.0 cm³/mol. The molecular formula is C15H21N5. The molecule has 0 fully saturated rings. The van der Waals surface area contributed by atoms with E-state index >= 15 is 0 Å². The van der Waals surface area contributed by atoms with E-state index in [1.54, 1.807) is 0 Å². The van der Waals surface area contributed by atoms with Gasteiger partial charge in [-0.1, -0.05) is 32.9 Å². The van der Waals surface area contributed by atoms with Gasteiger partial charge in [0.15, 0.2) is 0 Å². The van der Waals surface area contributed by atoms with Crippen LogP contribution in [0.3, 0.4) is 0 Å².